The molecule has 2 aromatic rings. The number of nitrogens with zero attached hydrogens (tertiary/aromatic N) is 1. The number of hydrogen-bond donors (Lipinski definition) is 0. The first-order chi connectivity index (χ1) is 8.99. The van der Waals surface area contributed by atoms with E-state index < -0.39 is 5.97 Å². The van der Waals surface area contributed by atoms with Crippen molar-refractivity contribution in [3.8, 4) is 10.9 Å². The maximum atomic E-state index is 11.4. The topological polar surface area (TPSA) is 48.4 Å². The highest BCUT2D eigenvalue weighted by Crippen LogP contribution is 2.33. The van der Waals surface area contributed by atoms with Crippen LogP contribution in [0.5, 0.6) is 10.9 Å². The first kappa shape index (κ1) is 13.8. The highest BCUT2D eigenvalue weighted by atomic mass is 35.5. The molecule has 0 saturated heterocycles. The Morgan fingerprint density at radius 3 is 2.47 bits per heavy atom. The molecular formula is C13H12ClNO3S. The van der Waals surface area contributed by atoms with Crippen LogP contribution in [-0.2, 0) is 4.74 Å². The van der Waals surface area contributed by atoms with Gasteiger partial charge in [-0.05, 0) is 37.1 Å². The normalized spacial score (nSPS) is 10.3. The van der Waals surface area contributed by atoms with E-state index in [1.165, 1.54) is 7.11 Å². The summed E-state index contributed by atoms with van der Waals surface area (Å²) < 4.78 is 10.2. The number of esters is 1. The van der Waals surface area contributed by atoms with Crippen LogP contribution in [0, 0.1) is 13.8 Å². The lowest BCUT2D eigenvalue weighted by Gasteiger charge is -2.04. The molecule has 100 valence electrons. The zero-order valence-electron chi connectivity index (χ0n) is 10.7. The molecule has 0 amide bonds. The summed E-state index contributed by atoms with van der Waals surface area (Å²) in [7, 11) is 1.29. The van der Waals surface area contributed by atoms with Crippen LogP contribution in [-0.4, -0.2) is 18.1 Å². The molecule has 6 heteroatoms. The van der Waals surface area contributed by atoms with E-state index in [0.29, 0.717) is 10.9 Å². The fourth-order valence-corrected chi connectivity index (χ4v) is 2.70. The predicted octanol–water partition coefficient (Wildman–Crippen LogP) is 3.99. The summed E-state index contributed by atoms with van der Waals surface area (Å²) >= 11 is 6.92. The van der Waals surface area contributed by atoms with Gasteiger partial charge in [0.1, 0.15) is 5.75 Å². The Hall–Kier alpha value is -1.59. The zero-order chi connectivity index (χ0) is 14.0. The van der Waals surface area contributed by atoms with Crippen molar-refractivity contribution in [2.24, 2.45) is 0 Å². The van der Waals surface area contributed by atoms with Crippen LogP contribution in [0.25, 0.3) is 0 Å². The van der Waals surface area contributed by atoms with E-state index in [1.807, 2.05) is 32.0 Å². The summed E-state index contributed by atoms with van der Waals surface area (Å²) in [6.45, 7) is 3.96. The number of thiazole rings is 1. The summed E-state index contributed by atoms with van der Waals surface area (Å²) in [5.41, 5.74) is 2.18. The Bertz CT molecular complexity index is 604. The van der Waals surface area contributed by atoms with Crippen LogP contribution in [0.1, 0.15) is 20.8 Å². The summed E-state index contributed by atoms with van der Waals surface area (Å²) in [6, 6.07) is 5.82. The van der Waals surface area contributed by atoms with Gasteiger partial charge in [-0.2, -0.15) is 4.98 Å². The second-order valence-electron chi connectivity index (χ2n) is 4.02. The fourth-order valence-electron chi connectivity index (χ4n) is 1.64. The van der Waals surface area contributed by atoms with Gasteiger partial charge in [-0.25, -0.2) is 4.79 Å². The first-order valence-electron chi connectivity index (χ1n) is 5.50. The number of rotatable bonds is 3. The van der Waals surface area contributed by atoms with Gasteiger partial charge in [0.25, 0.3) is 5.19 Å². The number of hydrogen-bond acceptors (Lipinski definition) is 5. The summed E-state index contributed by atoms with van der Waals surface area (Å²) in [5.74, 6) is 0.150. The quantitative estimate of drug-likeness (QED) is 0.804. The molecule has 0 fully saturated rings. The van der Waals surface area contributed by atoms with Gasteiger partial charge in [-0.1, -0.05) is 29.0 Å². The van der Waals surface area contributed by atoms with Crippen LogP contribution >= 0.6 is 22.9 Å². The minimum absolute atomic E-state index is 0.0937. The average Bonchev–Trinajstić information content (AvgIpc) is 2.68. The Balaban J connectivity index is 2.26. The van der Waals surface area contributed by atoms with E-state index in [2.05, 4.69) is 9.72 Å². The molecule has 1 aromatic carbocycles. The number of aryl methyl sites for hydroxylation is 2. The van der Waals surface area contributed by atoms with E-state index >= 15 is 0 Å². The number of carbonyl (C=O) groups excluding carboxylic acids is 1. The van der Waals surface area contributed by atoms with Crippen LogP contribution in [0.3, 0.4) is 0 Å². The third-order valence-corrected chi connectivity index (χ3v) is 3.64. The van der Waals surface area contributed by atoms with Gasteiger partial charge in [0.05, 0.1) is 7.11 Å². The Morgan fingerprint density at radius 2 is 1.89 bits per heavy atom. The van der Waals surface area contributed by atoms with E-state index in [-0.39, 0.29) is 10.0 Å². The lowest BCUT2D eigenvalue weighted by molar-refractivity contribution is 0.0606. The Kier molecular flexibility index (Phi) is 4.07. The second-order valence-corrected chi connectivity index (χ2v) is 5.34. The lowest BCUT2D eigenvalue weighted by atomic mass is 10.1. The highest BCUT2D eigenvalue weighted by molar-refractivity contribution is 7.15. The van der Waals surface area contributed by atoms with Crippen molar-refractivity contribution >= 4 is 28.9 Å². The molecule has 4 nitrogen and oxygen atoms in total. The zero-order valence-corrected chi connectivity index (χ0v) is 12.3. The minimum Gasteiger partial charge on any atom is -0.465 e. The van der Waals surface area contributed by atoms with Crippen molar-refractivity contribution in [2.45, 2.75) is 13.8 Å². The monoisotopic (exact) mass is 297 g/mol. The smallest absolute Gasteiger partial charge is 0.351 e. The van der Waals surface area contributed by atoms with Gasteiger partial charge in [-0.3, -0.25) is 0 Å². The van der Waals surface area contributed by atoms with Crippen molar-refractivity contribution in [3.63, 3.8) is 0 Å². The van der Waals surface area contributed by atoms with Crippen LogP contribution in [0.15, 0.2) is 18.2 Å². The fraction of sp³-hybridized carbons (Fsp3) is 0.231. The van der Waals surface area contributed by atoms with Crippen LogP contribution < -0.4 is 4.74 Å². The van der Waals surface area contributed by atoms with E-state index in [4.69, 9.17) is 16.3 Å². The standard InChI is InChI=1S/C13H12ClNO3S/c1-7-4-8(2)6-9(5-7)18-13-15-11(14)10(19-13)12(16)17-3/h4-6H,1-3H3. The third kappa shape index (κ3) is 3.24. The molecule has 0 spiro atoms. The maximum absolute atomic E-state index is 11.4. The molecule has 0 atom stereocenters. The van der Waals surface area contributed by atoms with Crippen LogP contribution in [0.2, 0.25) is 5.15 Å². The minimum atomic E-state index is -0.516. The molecule has 0 aliphatic carbocycles. The predicted molar refractivity (Wildman–Crippen MR) is 74.5 cm³/mol. The van der Waals surface area contributed by atoms with Gasteiger partial charge in [0.15, 0.2) is 10.0 Å². The maximum Gasteiger partial charge on any atom is 0.351 e. The molecule has 0 unspecified atom stereocenters. The summed E-state index contributed by atoms with van der Waals surface area (Å²) in [6.07, 6.45) is 0. The SMILES string of the molecule is COC(=O)c1sc(Oc2cc(C)cc(C)c2)nc1Cl. The average molecular weight is 298 g/mol. The largest absolute Gasteiger partial charge is 0.465 e. The van der Waals surface area contributed by atoms with Gasteiger partial charge < -0.3 is 9.47 Å². The van der Waals surface area contributed by atoms with Crippen molar-refractivity contribution in [3.05, 3.63) is 39.4 Å². The van der Waals surface area contributed by atoms with E-state index in [9.17, 15) is 4.79 Å². The van der Waals surface area contributed by atoms with E-state index in [0.717, 1.165) is 22.5 Å². The number of methoxy groups -OCH3 is 1. The molecule has 1 aromatic heterocycles. The molecule has 0 N–H and O–H groups in total. The number of aromatic nitrogens is 1. The molecule has 2 rings (SSSR count). The molecule has 0 aliphatic heterocycles. The first-order valence-corrected chi connectivity index (χ1v) is 6.70. The van der Waals surface area contributed by atoms with Crippen molar-refractivity contribution in [2.75, 3.05) is 7.11 Å². The lowest BCUT2D eigenvalue weighted by Crippen LogP contribution is -1.98. The van der Waals surface area contributed by atoms with E-state index in [1.54, 1.807) is 0 Å². The van der Waals surface area contributed by atoms with Gasteiger partial charge >= 0.3 is 5.97 Å². The number of ether oxygens (including phenoxy) is 2. The van der Waals surface area contributed by atoms with Crippen LogP contribution in [0.4, 0.5) is 0 Å². The number of benzene rings is 1. The molecule has 0 aliphatic rings. The molecular weight excluding hydrogens is 286 g/mol. The number of halogens is 1. The molecule has 19 heavy (non-hydrogen) atoms. The molecule has 0 saturated carbocycles. The second kappa shape index (κ2) is 5.59. The molecule has 0 bridgehead atoms. The van der Waals surface area contributed by atoms with Crippen molar-refractivity contribution < 1.29 is 14.3 Å². The van der Waals surface area contributed by atoms with Gasteiger partial charge in [0.2, 0.25) is 0 Å². The molecule has 0 radical (unpaired) electrons. The van der Waals surface area contributed by atoms with Crippen molar-refractivity contribution in [1.29, 1.82) is 0 Å². The Labute approximate surface area is 120 Å². The molecule has 1 heterocycles. The van der Waals surface area contributed by atoms with Gasteiger partial charge in [0, 0.05) is 0 Å². The van der Waals surface area contributed by atoms with Crippen molar-refractivity contribution in [1.82, 2.24) is 4.98 Å². The highest BCUT2D eigenvalue weighted by Gasteiger charge is 2.18. The Morgan fingerprint density at radius 1 is 1.26 bits per heavy atom. The summed E-state index contributed by atoms with van der Waals surface area (Å²) in [5, 5.41) is 0.409. The summed E-state index contributed by atoms with van der Waals surface area (Å²) in [4.78, 5) is 15.7. The third-order valence-electron chi connectivity index (χ3n) is 2.34. The van der Waals surface area contributed by atoms with Gasteiger partial charge in [-0.15, -0.1) is 0 Å². The number of carbonyl (C=O) groups is 1.